The van der Waals surface area contributed by atoms with Gasteiger partial charge in [0.25, 0.3) is 0 Å². The van der Waals surface area contributed by atoms with Crippen molar-refractivity contribution in [1.29, 1.82) is 0 Å². The molecule has 0 aliphatic carbocycles. The number of nitrogens with one attached hydrogen (secondary N) is 1. The van der Waals surface area contributed by atoms with Crippen LogP contribution in [0.1, 0.15) is 35.0 Å². The Balaban J connectivity index is 1.50. The number of hydrogen-bond donors (Lipinski definition) is 2. The van der Waals surface area contributed by atoms with Crippen LogP contribution in [0.5, 0.6) is 0 Å². The van der Waals surface area contributed by atoms with Crippen LogP contribution in [0.25, 0.3) is 28.2 Å². The summed E-state index contributed by atoms with van der Waals surface area (Å²) in [5, 5.41) is 28.0. The lowest BCUT2D eigenvalue weighted by atomic mass is 9.98. The van der Waals surface area contributed by atoms with Gasteiger partial charge in [-0.2, -0.15) is 5.10 Å². The molecule has 3 heterocycles. The third-order valence-electron chi connectivity index (χ3n) is 5.51. The first-order valence-corrected chi connectivity index (χ1v) is 10.4. The molecule has 0 amide bonds. The highest BCUT2D eigenvalue weighted by Gasteiger charge is 2.19. The van der Waals surface area contributed by atoms with Gasteiger partial charge in [0.05, 0.1) is 12.4 Å². The van der Waals surface area contributed by atoms with Crippen molar-refractivity contribution < 1.29 is 9.90 Å². The standard InChI is InChI=1S/C23H21N7O2/c1-2-5-17-14-30-22(20(12-24-30)23(31)32)29(17)13-15-8-10-16(11-9-15)18-6-3-4-7-19(18)21-25-27-28-26-21/h3-4,6-12,14H,2,5,13H2,1H3,(H,31,32)(H,25,26,27,28). The average molecular weight is 427 g/mol. The van der Waals surface area contributed by atoms with Crippen LogP contribution >= 0.6 is 0 Å². The maximum atomic E-state index is 11.7. The molecule has 0 aliphatic rings. The molecule has 0 saturated heterocycles. The number of H-pyrrole nitrogens is 1. The summed E-state index contributed by atoms with van der Waals surface area (Å²) >= 11 is 0. The second kappa shape index (κ2) is 8.10. The number of carboxylic acids is 1. The van der Waals surface area contributed by atoms with E-state index in [1.54, 1.807) is 4.52 Å². The van der Waals surface area contributed by atoms with Gasteiger partial charge in [-0.15, -0.1) is 5.10 Å². The molecule has 5 rings (SSSR count). The quantitative estimate of drug-likeness (QED) is 0.410. The van der Waals surface area contributed by atoms with Crippen molar-refractivity contribution in [2.75, 3.05) is 0 Å². The molecule has 32 heavy (non-hydrogen) atoms. The van der Waals surface area contributed by atoms with Crippen LogP contribution in [-0.2, 0) is 13.0 Å². The predicted octanol–water partition coefficient (Wildman–Crippen LogP) is 3.68. The van der Waals surface area contributed by atoms with E-state index in [1.165, 1.54) is 6.20 Å². The highest BCUT2D eigenvalue weighted by Crippen LogP contribution is 2.30. The van der Waals surface area contributed by atoms with E-state index in [1.807, 2.05) is 35.0 Å². The van der Waals surface area contributed by atoms with Crippen molar-refractivity contribution in [2.45, 2.75) is 26.3 Å². The van der Waals surface area contributed by atoms with E-state index in [9.17, 15) is 9.90 Å². The van der Waals surface area contributed by atoms with Gasteiger partial charge in [-0.05, 0) is 33.5 Å². The Labute approximate surface area is 183 Å². The Morgan fingerprint density at radius 3 is 2.56 bits per heavy atom. The number of aromatic amines is 1. The minimum Gasteiger partial charge on any atom is -0.477 e. The number of hydrogen-bond acceptors (Lipinski definition) is 5. The summed E-state index contributed by atoms with van der Waals surface area (Å²) in [5.74, 6) is -0.359. The maximum absolute atomic E-state index is 11.7. The number of fused-ring (bicyclic) bond motifs is 1. The van der Waals surface area contributed by atoms with E-state index < -0.39 is 5.97 Å². The van der Waals surface area contributed by atoms with Gasteiger partial charge in [0, 0.05) is 17.8 Å². The number of rotatable bonds is 7. The van der Waals surface area contributed by atoms with Crippen molar-refractivity contribution in [3.05, 3.63) is 77.7 Å². The van der Waals surface area contributed by atoms with Gasteiger partial charge in [0.1, 0.15) is 5.56 Å². The highest BCUT2D eigenvalue weighted by atomic mass is 16.4. The van der Waals surface area contributed by atoms with Crippen LogP contribution in [-0.4, -0.2) is 45.9 Å². The summed E-state index contributed by atoms with van der Waals surface area (Å²) in [6, 6.07) is 16.2. The third kappa shape index (κ3) is 3.43. The zero-order chi connectivity index (χ0) is 22.1. The van der Waals surface area contributed by atoms with Crippen molar-refractivity contribution in [2.24, 2.45) is 0 Å². The second-order valence-electron chi connectivity index (χ2n) is 7.58. The number of nitrogens with zero attached hydrogens (tertiary/aromatic N) is 6. The van der Waals surface area contributed by atoms with Gasteiger partial charge in [-0.3, -0.25) is 0 Å². The van der Waals surface area contributed by atoms with E-state index >= 15 is 0 Å². The molecule has 0 spiro atoms. The van der Waals surface area contributed by atoms with Gasteiger partial charge in [-0.25, -0.2) is 14.4 Å². The van der Waals surface area contributed by atoms with Crippen LogP contribution < -0.4 is 0 Å². The van der Waals surface area contributed by atoms with Crippen LogP contribution in [0.2, 0.25) is 0 Å². The first-order chi connectivity index (χ1) is 15.7. The normalized spacial score (nSPS) is 11.3. The Morgan fingerprint density at radius 2 is 1.88 bits per heavy atom. The zero-order valence-corrected chi connectivity index (χ0v) is 17.4. The molecule has 0 aliphatic heterocycles. The summed E-state index contributed by atoms with van der Waals surface area (Å²) in [7, 11) is 0. The molecule has 160 valence electrons. The number of carbonyl (C=O) groups is 1. The molecular weight excluding hydrogens is 406 g/mol. The first-order valence-electron chi connectivity index (χ1n) is 10.4. The molecule has 0 bridgehead atoms. The Hall–Kier alpha value is -4.27. The van der Waals surface area contributed by atoms with Gasteiger partial charge < -0.3 is 9.67 Å². The topological polar surface area (TPSA) is 114 Å². The summed E-state index contributed by atoms with van der Waals surface area (Å²) in [6.45, 7) is 2.67. The fourth-order valence-electron chi connectivity index (χ4n) is 4.04. The molecule has 9 heteroatoms. The average Bonchev–Trinajstić information content (AvgIpc) is 3.53. The smallest absolute Gasteiger partial charge is 0.341 e. The SMILES string of the molecule is CCCc1cn2ncc(C(=O)O)c2n1Cc1ccc(-c2ccccc2-c2nnn[nH]2)cc1. The lowest BCUT2D eigenvalue weighted by Gasteiger charge is -2.11. The fraction of sp³-hybridized carbons (Fsp3) is 0.174. The van der Waals surface area contributed by atoms with E-state index in [0.29, 0.717) is 18.0 Å². The van der Waals surface area contributed by atoms with Gasteiger partial charge in [-0.1, -0.05) is 61.9 Å². The first kappa shape index (κ1) is 19.7. The Bertz CT molecular complexity index is 1380. The van der Waals surface area contributed by atoms with Crippen LogP contribution in [0.15, 0.2) is 60.9 Å². The number of carboxylic acid groups (broad SMARTS) is 1. The maximum Gasteiger partial charge on any atom is 0.341 e. The number of benzene rings is 2. The van der Waals surface area contributed by atoms with Crippen molar-refractivity contribution in [1.82, 2.24) is 34.8 Å². The molecule has 2 N–H and O–H groups in total. The van der Waals surface area contributed by atoms with Crippen molar-refractivity contribution >= 4 is 11.6 Å². The lowest BCUT2D eigenvalue weighted by Crippen LogP contribution is -2.07. The number of tetrazole rings is 1. The number of imidazole rings is 1. The molecule has 0 saturated carbocycles. The van der Waals surface area contributed by atoms with Gasteiger partial charge in [0.2, 0.25) is 0 Å². The Kier molecular flexibility index (Phi) is 4.98. The van der Waals surface area contributed by atoms with E-state index in [0.717, 1.165) is 40.8 Å². The number of aromatic carboxylic acids is 1. The monoisotopic (exact) mass is 427 g/mol. The summed E-state index contributed by atoms with van der Waals surface area (Å²) < 4.78 is 3.70. The summed E-state index contributed by atoms with van der Waals surface area (Å²) in [5.41, 5.74) is 5.94. The predicted molar refractivity (Wildman–Crippen MR) is 118 cm³/mol. The van der Waals surface area contributed by atoms with Crippen LogP contribution in [0.3, 0.4) is 0 Å². The van der Waals surface area contributed by atoms with Crippen LogP contribution in [0.4, 0.5) is 0 Å². The molecule has 0 unspecified atom stereocenters. The fourth-order valence-corrected chi connectivity index (χ4v) is 4.04. The zero-order valence-electron chi connectivity index (χ0n) is 17.4. The number of aromatic nitrogens is 7. The van der Waals surface area contributed by atoms with E-state index in [4.69, 9.17) is 0 Å². The highest BCUT2D eigenvalue weighted by molar-refractivity contribution is 5.94. The molecule has 9 nitrogen and oxygen atoms in total. The largest absolute Gasteiger partial charge is 0.477 e. The second-order valence-corrected chi connectivity index (χ2v) is 7.58. The van der Waals surface area contributed by atoms with Gasteiger partial charge >= 0.3 is 5.97 Å². The number of aryl methyl sites for hydroxylation is 1. The summed E-state index contributed by atoms with van der Waals surface area (Å²) in [4.78, 5) is 11.7. The molecule has 0 atom stereocenters. The van der Waals surface area contributed by atoms with Gasteiger partial charge in [0.15, 0.2) is 11.5 Å². The molecule has 2 aromatic carbocycles. The van der Waals surface area contributed by atoms with E-state index in [-0.39, 0.29) is 5.56 Å². The van der Waals surface area contributed by atoms with Crippen molar-refractivity contribution in [3.63, 3.8) is 0 Å². The van der Waals surface area contributed by atoms with E-state index in [2.05, 4.69) is 56.9 Å². The minimum atomic E-state index is -0.976. The molecule has 3 aromatic heterocycles. The van der Waals surface area contributed by atoms with Crippen LogP contribution in [0, 0.1) is 0 Å². The summed E-state index contributed by atoms with van der Waals surface area (Å²) in [6.07, 6.45) is 5.13. The lowest BCUT2D eigenvalue weighted by molar-refractivity contribution is 0.0698. The third-order valence-corrected chi connectivity index (χ3v) is 5.51. The molecule has 5 aromatic rings. The minimum absolute atomic E-state index is 0.207. The molecule has 0 fully saturated rings. The molecule has 0 radical (unpaired) electrons. The Morgan fingerprint density at radius 1 is 1.09 bits per heavy atom. The molecular formula is C23H21N7O2. The van der Waals surface area contributed by atoms with Crippen molar-refractivity contribution in [3.8, 4) is 22.5 Å².